The van der Waals surface area contributed by atoms with Crippen molar-refractivity contribution in [2.45, 2.75) is 26.7 Å². The van der Waals surface area contributed by atoms with Gasteiger partial charge >= 0.3 is 0 Å². The van der Waals surface area contributed by atoms with Crippen molar-refractivity contribution >= 4 is 21.6 Å². The summed E-state index contributed by atoms with van der Waals surface area (Å²) in [5.74, 6) is 0.690. The maximum atomic E-state index is 5.76. The lowest BCUT2D eigenvalue weighted by atomic mass is 9.72. The molecule has 2 rings (SSSR count). The number of nitrogens with zero attached hydrogens (tertiary/aromatic N) is 1. The van der Waals surface area contributed by atoms with E-state index in [1.54, 1.807) is 0 Å². The quantitative estimate of drug-likeness (QED) is 0.923. The van der Waals surface area contributed by atoms with Crippen molar-refractivity contribution < 1.29 is 0 Å². The van der Waals surface area contributed by atoms with Crippen LogP contribution in [-0.2, 0) is 0 Å². The highest BCUT2D eigenvalue weighted by molar-refractivity contribution is 9.10. The normalized spacial score (nSPS) is 23.1. The minimum Gasteiger partial charge on any atom is -0.371 e. The lowest BCUT2D eigenvalue weighted by molar-refractivity contribution is 0.163. The molecule has 1 aliphatic heterocycles. The van der Waals surface area contributed by atoms with Gasteiger partial charge < -0.3 is 10.6 Å². The molecule has 1 heterocycles. The number of rotatable bonds is 3. The van der Waals surface area contributed by atoms with Crippen LogP contribution in [0.5, 0.6) is 0 Å². The zero-order chi connectivity index (χ0) is 13.2. The highest BCUT2D eigenvalue weighted by Crippen LogP contribution is 2.39. The van der Waals surface area contributed by atoms with Crippen LogP contribution in [0.2, 0.25) is 0 Å². The van der Waals surface area contributed by atoms with Gasteiger partial charge in [-0.15, -0.1) is 0 Å². The molecule has 0 saturated carbocycles. The van der Waals surface area contributed by atoms with Crippen LogP contribution in [0.1, 0.15) is 26.7 Å². The van der Waals surface area contributed by atoms with E-state index in [1.807, 2.05) is 0 Å². The Morgan fingerprint density at radius 1 is 1.44 bits per heavy atom. The summed E-state index contributed by atoms with van der Waals surface area (Å²) in [6.45, 7) is 7.82. The molecule has 1 aliphatic rings. The number of nitrogens with two attached hydrogens (primary N) is 1. The Kier molecular flexibility index (Phi) is 4.33. The van der Waals surface area contributed by atoms with Crippen LogP contribution in [0.25, 0.3) is 0 Å². The second-order valence-corrected chi connectivity index (χ2v) is 6.85. The van der Waals surface area contributed by atoms with Crippen LogP contribution < -0.4 is 10.6 Å². The maximum Gasteiger partial charge on any atom is 0.0377 e. The largest absolute Gasteiger partial charge is 0.371 e. The minimum absolute atomic E-state index is 0.419. The molecule has 0 aromatic heterocycles. The first-order chi connectivity index (χ1) is 8.53. The fraction of sp³-hybridized carbons (Fsp3) is 0.600. The third-order valence-corrected chi connectivity index (χ3v) is 4.75. The van der Waals surface area contributed by atoms with Crippen LogP contribution in [0.15, 0.2) is 28.7 Å². The smallest absolute Gasteiger partial charge is 0.0377 e. The summed E-state index contributed by atoms with van der Waals surface area (Å²) in [6, 6.07) is 8.59. The fourth-order valence-corrected chi connectivity index (χ4v) is 3.21. The Labute approximate surface area is 119 Å². The van der Waals surface area contributed by atoms with E-state index in [4.69, 9.17) is 5.73 Å². The first kappa shape index (κ1) is 13.9. The Morgan fingerprint density at radius 3 is 2.89 bits per heavy atom. The van der Waals surface area contributed by atoms with E-state index in [-0.39, 0.29) is 0 Å². The van der Waals surface area contributed by atoms with Gasteiger partial charge in [0.25, 0.3) is 0 Å². The molecule has 0 spiro atoms. The number of hydrogen-bond acceptors (Lipinski definition) is 2. The second kappa shape index (κ2) is 5.62. The summed E-state index contributed by atoms with van der Waals surface area (Å²) in [5.41, 5.74) is 7.50. The summed E-state index contributed by atoms with van der Waals surface area (Å²) >= 11 is 3.55. The van der Waals surface area contributed by atoms with Gasteiger partial charge in [-0.1, -0.05) is 35.8 Å². The lowest BCUT2D eigenvalue weighted by Crippen LogP contribution is -2.45. The third kappa shape index (κ3) is 3.07. The zero-order valence-electron chi connectivity index (χ0n) is 11.3. The molecule has 100 valence electrons. The second-order valence-electron chi connectivity index (χ2n) is 5.94. The van der Waals surface area contributed by atoms with E-state index in [0.717, 1.165) is 30.5 Å². The van der Waals surface area contributed by atoms with Crippen LogP contribution in [-0.4, -0.2) is 19.6 Å². The number of hydrogen-bond donors (Lipinski definition) is 1. The predicted molar refractivity (Wildman–Crippen MR) is 81.9 cm³/mol. The minimum atomic E-state index is 0.419. The van der Waals surface area contributed by atoms with Crippen molar-refractivity contribution in [2.24, 2.45) is 17.1 Å². The van der Waals surface area contributed by atoms with Crippen LogP contribution in [0.3, 0.4) is 0 Å². The van der Waals surface area contributed by atoms with Crippen molar-refractivity contribution in [1.82, 2.24) is 0 Å². The highest BCUT2D eigenvalue weighted by atomic mass is 79.9. The summed E-state index contributed by atoms with van der Waals surface area (Å²) < 4.78 is 1.15. The molecule has 1 atom stereocenters. The molecule has 0 amide bonds. The molecule has 1 saturated heterocycles. The average Bonchev–Trinajstić information content (AvgIpc) is 2.32. The molecule has 0 aliphatic carbocycles. The lowest BCUT2D eigenvalue weighted by Gasteiger charge is -2.45. The molecule has 1 unspecified atom stereocenters. The van der Waals surface area contributed by atoms with E-state index in [2.05, 4.69) is 58.9 Å². The van der Waals surface area contributed by atoms with Gasteiger partial charge in [-0.2, -0.15) is 0 Å². The Hall–Kier alpha value is -0.540. The van der Waals surface area contributed by atoms with Crippen molar-refractivity contribution in [3.05, 3.63) is 28.7 Å². The number of anilines is 1. The van der Waals surface area contributed by atoms with Gasteiger partial charge in [0.05, 0.1) is 0 Å². The van der Waals surface area contributed by atoms with E-state index in [9.17, 15) is 0 Å². The van der Waals surface area contributed by atoms with Gasteiger partial charge in [0.15, 0.2) is 0 Å². The topological polar surface area (TPSA) is 29.3 Å². The van der Waals surface area contributed by atoms with Crippen LogP contribution in [0.4, 0.5) is 5.69 Å². The summed E-state index contributed by atoms with van der Waals surface area (Å²) in [6.07, 6.45) is 2.36. The fourth-order valence-electron chi connectivity index (χ4n) is 2.82. The van der Waals surface area contributed by atoms with Crippen LogP contribution >= 0.6 is 15.9 Å². The molecule has 2 nitrogen and oxygen atoms in total. The van der Waals surface area contributed by atoms with Gasteiger partial charge in [-0.05, 0) is 48.9 Å². The standard InChI is InChI=1S/C15H23BrN2/c1-15(2)7-9-18(11-12(15)6-8-17)14-5-3-4-13(16)10-14/h3-5,10,12H,6-9,11,17H2,1-2H3. The van der Waals surface area contributed by atoms with Crippen molar-refractivity contribution in [3.8, 4) is 0 Å². The molecule has 1 aromatic rings. The van der Waals surface area contributed by atoms with Gasteiger partial charge in [-0.25, -0.2) is 0 Å². The van der Waals surface area contributed by atoms with Gasteiger partial charge in [0.2, 0.25) is 0 Å². The van der Waals surface area contributed by atoms with E-state index >= 15 is 0 Å². The number of halogens is 1. The first-order valence-electron chi connectivity index (χ1n) is 6.73. The predicted octanol–water partition coefficient (Wildman–Crippen LogP) is 3.65. The average molecular weight is 311 g/mol. The molecule has 0 radical (unpaired) electrons. The Morgan fingerprint density at radius 2 is 2.22 bits per heavy atom. The van der Waals surface area contributed by atoms with Crippen molar-refractivity contribution in [1.29, 1.82) is 0 Å². The maximum absolute atomic E-state index is 5.76. The molecule has 2 N–H and O–H groups in total. The molecule has 1 aromatic carbocycles. The SMILES string of the molecule is CC1(C)CCN(c2cccc(Br)c2)CC1CCN. The Balaban J connectivity index is 2.13. The van der Waals surface area contributed by atoms with E-state index in [1.165, 1.54) is 12.1 Å². The van der Waals surface area contributed by atoms with Crippen molar-refractivity contribution in [3.63, 3.8) is 0 Å². The summed E-state index contributed by atoms with van der Waals surface area (Å²) in [7, 11) is 0. The molecular weight excluding hydrogens is 288 g/mol. The van der Waals surface area contributed by atoms with E-state index < -0.39 is 0 Å². The highest BCUT2D eigenvalue weighted by Gasteiger charge is 2.34. The molecule has 18 heavy (non-hydrogen) atoms. The Bertz CT molecular complexity index is 403. The van der Waals surface area contributed by atoms with E-state index in [0.29, 0.717) is 11.3 Å². The van der Waals surface area contributed by atoms with Gasteiger partial charge in [-0.3, -0.25) is 0 Å². The number of benzene rings is 1. The molecular formula is C15H23BrN2. The molecule has 0 bridgehead atoms. The zero-order valence-corrected chi connectivity index (χ0v) is 12.9. The van der Waals surface area contributed by atoms with Crippen molar-refractivity contribution in [2.75, 3.05) is 24.5 Å². The van der Waals surface area contributed by atoms with Gasteiger partial charge in [0.1, 0.15) is 0 Å². The number of piperidine rings is 1. The summed E-state index contributed by atoms with van der Waals surface area (Å²) in [5, 5.41) is 0. The monoisotopic (exact) mass is 310 g/mol. The first-order valence-corrected chi connectivity index (χ1v) is 7.53. The van der Waals surface area contributed by atoms with Gasteiger partial charge in [0, 0.05) is 23.2 Å². The molecule has 1 fully saturated rings. The van der Waals surface area contributed by atoms with Crippen LogP contribution in [0, 0.1) is 11.3 Å². The third-order valence-electron chi connectivity index (χ3n) is 4.26. The molecule has 3 heteroatoms. The summed E-state index contributed by atoms with van der Waals surface area (Å²) in [4.78, 5) is 2.50.